The molecule has 84 valence electrons. The van der Waals surface area contributed by atoms with Gasteiger partial charge in [0, 0.05) is 31.3 Å². The minimum Gasteiger partial charge on any atom is -0.481 e. The van der Waals surface area contributed by atoms with E-state index in [2.05, 4.69) is 5.10 Å². The maximum Gasteiger partial charge on any atom is 0.303 e. The Balaban J connectivity index is 2.24. The summed E-state index contributed by atoms with van der Waals surface area (Å²) in [4.78, 5) is 10.3. The van der Waals surface area contributed by atoms with Gasteiger partial charge >= 0.3 is 5.97 Å². The van der Waals surface area contributed by atoms with Crippen LogP contribution in [0.3, 0.4) is 0 Å². The number of unbranched alkanes of at least 4 members (excludes halogenated alkanes) is 1. The van der Waals surface area contributed by atoms with Crippen LogP contribution in [0, 0.1) is 0 Å². The average Bonchev–Trinajstić information content (AvgIpc) is 2.59. The Hall–Kier alpha value is -1.36. The van der Waals surface area contributed by atoms with Crippen LogP contribution >= 0.6 is 0 Å². The highest BCUT2D eigenvalue weighted by Crippen LogP contribution is 2.16. The van der Waals surface area contributed by atoms with Crippen LogP contribution in [-0.4, -0.2) is 20.9 Å². The summed E-state index contributed by atoms with van der Waals surface area (Å²) in [6.45, 7) is 0. The van der Waals surface area contributed by atoms with E-state index in [0.717, 1.165) is 18.4 Å². The van der Waals surface area contributed by atoms with E-state index in [-0.39, 0.29) is 12.5 Å². The van der Waals surface area contributed by atoms with Gasteiger partial charge in [-0.1, -0.05) is 6.42 Å². The highest BCUT2D eigenvalue weighted by Gasteiger charge is 2.07. The van der Waals surface area contributed by atoms with E-state index in [1.54, 1.807) is 10.9 Å². The molecule has 1 aromatic rings. The van der Waals surface area contributed by atoms with Crippen molar-refractivity contribution < 1.29 is 9.90 Å². The molecule has 5 nitrogen and oxygen atoms in total. The van der Waals surface area contributed by atoms with Crippen molar-refractivity contribution in [2.45, 2.75) is 31.7 Å². The first-order valence-electron chi connectivity index (χ1n) is 5.05. The van der Waals surface area contributed by atoms with Gasteiger partial charge in [-0.05, 0) is 12.8 Å². The summed E-state index contributed by atoms with van der Waals surface area (Å²) >= 11 is 0. The van der Waals surface area contributed by atoms with Crippen LogP contribution in [-0.2, 0) is 11.8 Å². The number of aryl methyl sites for hydroxylation is 1. The van der Waals surface area contributed by atoms with Crippen molar-refractivity contribution in [2.75, 3.05) is 0 Å². The average molecular weight is 211 g/mol. The molecule has 0 bridgehead atoms. The molecule has 1 heterocycles. The Morgan fingerprint density at radius 1 is 1.67 bits per heavy atom. The maximum atomic E-state index is 10.3. The van der Waals surface area contributed by atoms with Crippen LogP contribution in [0.1, 0.15) is 37.3 Å². The molecule has 1 unspecified atom stereocenters. The number of aliphatic carboxylic acids is 1. The molecule has 0 amide bonds. The molecule has 0 saturated carbocycles. The van der Waals surface area contributed by atoms with Crippen molar-refractivity contribution in [3.8, 4) is 0 Å². The number of hydrogen-bond acceptors (Lipinski definition) is 3. The Morgan fingerprint density at radius 2 is 2.40 bits per heavy atom. The molecule has 1 aromatic heterocycles. The molecule has 0 spiro atoms. The molecule has 1 atom stereocenters. The van der Waals surface area contributed by atoms with Gasteiger partial charge in [-0.15, -0.1) is 0 Å². The zero-order valence-electron chi connectivity index (χ0n) is 8.89. The zero-order valence-corrected chi connectivity index (χ0v) is 8.89. The number of carboxylic acids is 1. The first-order chi connectivity index (χ1) is 7.09. The second kappa shape index (κ2) is 5.50. The van der Waals surface area contributed by atoms with Crippen molar-refractivity contribution in [3.63, 3.8) is 0 Å². The van der Waals surface area contributed by atoms with E-state index < -0.39 is 5.97 Å². The number of aromatic nitrogens is 2. The quantitative estimate of drug-likeness (QED) is 0.689. The summed E-state index contributed by atoms with van der Waals surface area (Å²) in [5.41, 5.74) is 6.93. The van der Waals surface area contributed by atoms with E-state index in [0.29, 0.717) is 6.42 Å². The largest absolute Gasteiger partial charge is 0.481 e. The molecule has 15 heavy (non-hydrogen) atoms. The van der Waals surface area contributed by atoms with Gasteiger partial charge < -0.3 is 10.8 Å². The van der Waals surface area contributed by atoms with E-state index in [4.69, 9.17) is 10.8 Å². The van der Waals surface area contributed by atoms with Crippen molar-refractivity contribution in [3.05, 3.63) is 18.0 Å². The number of nitrogens with two attached hydrogens (primary N) is 1. The van der Waals surface area contributed by atoms with E-state index in [1.807, 2.05) is 13.2 Å². The first-order valence-corrected chi connectivity index (χ1v) is 5.05. The minimum atomic E-state index is -0.745. The highest BCUT2D eigenvalue weighted by atomic mass is 16.4. The second-order valence-corrected chi connectivity index (χ2v) is 3.69. The van der Waals surface area contributed by atoms with Crippen molar-refractivity contribution in [2.24, 2.45) is 12.8 Å². The molecule has 0 aliphatic rings. The standard InChI is InChI=1S/C10H17N3O2/c1-13-7-8(6-12-13)9(11)4-2-3-5-10(14)15/h6-7,9H,2-5,11H2,1H3,(H,14,15). The van der Waals surface area contributed by atoms with Crippen LogP contribution in [0.5, 0.6) is 0 Å². The van der Waals surface area contributed by atoms with Gasteiger partial charge in [0.1, 0.15) is 0 Å². The Bertz CT molecular complexity index is 322. The lowest BCUT2D eigenvalue weighted by Gasteiger charge is -2.07. The van der Waals surface area contributed by atoms with Gasteiger partial charge in [-0.25, -0.2) is 0 Å². The molecular weight excluding hydrogens is 194 g/mol. The predicted molar refractivity (Wildman–Crippen MR) is 56.2 cm³/mol. The smallest absolute Gasteiger partial charge is 0.303 e. The first kappa shape index (κ1) is 11.7. The molecule has 0 radical (unpaired) electrons. The summed E-state index contributed by atoms with van der Waals surface area (Å²) in [7, 11) is 1.85. The third-order valence-electron chi connectivity index (χ3n) is 2.31. The molecule has 0 fully saturated rings. The molecular formula is C10H17N3O2. The fraction of sp³-hybridized carbons (Fsp3) is 0.600. The SMILES string of the molecule is Cn1cc(C(N)CCCCC(=O)O)cn1. The van der Waals surface area contributed by atoms with Gasteiger partial charge in [-0.3, -0.25) is 9.48 Å². The normalized spacial score (nSPS) is 12.7. The summed E-state index contributed by atoms with van der Waals surface area (Å²) in [6, 6.07) is -0.0347. The highest BCUT2D eigenvalue weighted by molar-refractivity contribution is 5.66. The molecule has 5 heteroatoms. The molecule has 0 saturated heterocycles. The van der Waals surface area contributed by atoms with Crippen LogP contribution in [0.15, 0.2) is 12.4 Å². The zero-order chi connectivity index (χ0) is 11.3. The van der Waals surface area contributed by atoms with Gasteiger partial charge in [0.15, 0.2) is 0 Å². The van der Waals surface area contributed by atoms with Crippen molar-refractivity contribution in [1.82, 2.24) is 9.78 Å². The summed E-state index contributed by atoms with van der Waals surface area (Å²) < 4.78 is 1.71. The lowest BCUT2D eigenvalue weighted by atomic mass is 10.0. The predicted octanol–water partition coefficient (Wildman–Crippen LogP) is 1.06. The summed E-state index contributed by atoms with van der Waals surface area (Å²) in [5, 5.41) is 12.5. The maximum absolute atomic E-state index is 10.3. The summed E-state index contributed by atoms with van der Waals surface area (Å²) in [5.74, 6) is -0.745. The number of carboxylic acid groups (broad SMARTS) is 1. The van der Waals surface area contributed by atoms with E-state index in [1.165, 1.54) is 0 Å². The fourth-order valence-electron chi connectivity index (χ4n) is 1.44. The number of rotatable bonds is 6. The Morgan fingerprint density at radius 3 is 2.93 bits per heavy atom. The monoisotopic (exact) mass is 211 g/mol. The van der Waals surface area contributed by atoms with E-state index in [9.17, 15) is 4.79 Å². The molecule has 1 rings (SSSR count). The van der Waals surface area contributed by atoms with Crippen LogP contribution < -0.4 is 5.73 Å². The second-order valence-electron chi connectivity index (χ2n) is 3.69. The fourth-order valence-corrected chi connectivity index (χ4v) is 1.44. The Kier molecular flexibility index (Phi) is 4.30. The Labute approximate surface area is 88.9 Å². The van der Waals surface area contributed by atoms with Crippen molar-refractivity contribution in [1.29, 1.82) is 0 Å². The van der Waals surface area contributed by atoms with Crippen LogP contribution in [0.2, 0.25) is 0 Å². The van der Waals surface area contributed by atoms with Crippen molar-refractivity contribution >= 4 is 5.97 Å². The molecule has 0 aliphatic carbocycles. The third kappa shape index (κ3) is 4.12. The van der Waals surface area contributed by atoms with E-state index >= 15 is 0 Å². The number of hydrogen-bond donors (Lipinski definition) is 2. The lowest BCUT2D eigenvalue weighted by Crippen LogP contribution is -2.09. The van der Waals surface area contributed by atoms with Crippen LogP contribution in [0.25, 0.3) is 0 Å². The third-order valence-corrected chi connectivity index (χ3v) is 2.31. The molecule has 0 aliphatic heterocycles. The van der Waals surface area contributed by atoms with Gasteiger partial charge in [-0.2, -0.15) is 5.10 Å². The summed E-state index contributed by atoms with van der Waals surface area (Å²) in [6.07, 6.45) is 6.19. The molecule has 3 N–H and O–H groups in total. The number of carbonyl (C=O) groups is 1. The lowest BCUT2D eigenvalue weighted by molar-refractivity contribution is -0.137. The minimum absolute atomic E-state index is 0.0347. The number of nitrogens with zero attached hydrogens (tertiary/aromatic N) is 2. The molecule has 0 aromatic carbocycles. The van der Waals surface area contributed by atoms with Gasteiger partial charge in [0.2, 0.25) is 0 Å². The van der Waals surface area contributed by atoms with Gasteiger partial charge in [0.25, 0.3) is 0 Å². The van der Waals surface area contributed by atoms with Crippen LogP contribution in [0.4, 0.5) is 0 Å². The topological polar surface area (TPSA) is 81.1 Å². The van der Waals surface area contributed by atoms with Gasteiger partial charge in [0.05, 0.1) is 6.20 Å².